The van der Waals surface area contributed by atoms with Gasteiger partial charge in [-0.1, -0.05) is 12.0 Å². The number of hydrogen-bond acceptors (Lipinski definition) is 6. The lowest BCUT2D eigenvalue weighted by Gasteiger charge is -2.33. The van der Waals surface area contributed by atoms with Gasteiger partial charge < -0.3 is 29.4 Å². The van der Waals surface area contributed by atoms with Crippen molar-refractivity contribution in [2.75, 3.05) is 44.4 Å². The van der Waals surface area contributed by atoms with Gasteiger partial charge in [-0.3, -0.25) is 4.21 Å². The van der Waals surface area contributed by atoms with E-state index in [1.165, 1.54) is 25.3 Å². The van der Waals surface area contributed by atoms with Gasteiger partial charge in [-0.25, -0.2) is 4.39 Å². The van der Waals surface area contributed by atoms with Gasteiger partial charge in [0.25, 0.3) is 0 Å². The summed E-state index contributed by atoms with van der Waals surface area (Å²) in [4.78, 5) is 1.96. The highest BCUT2D eigenvalue weighted by Gasteiger charge is 2.31. The predicted molar refractivity (Wildman–Crippen MR) is 138 cm³/mol. The van der Waals surface area contributed by atoms with Crippen LogP contribution in [0.5, 0.6) is 5.75 Å². The summed E-state index contributed by atoms with van der Waals surface area (Å²) < 4.78 is 83.6. The number of alkyl halides is 4. The zero-order chi connectivity index (χ0) is 27.4. The lowest BCUT2D eigenvalue weighted by molar-refractivity contribution is -0.140. The van der Waals surface area contributed by atoms with Crippen LogP contribution in [-0.4, -0.2) is 70.4 Å². The molecule has 12 heteroatoms. The number of halogens is 4. The van der Waals surface area contributed by atoms with Crippen LogP contribution < -0.4 is 15.4 Å². The zero-order valence-corrected chi connectivity index (χ0v) is 21.6. The summed E-state index contributed by atoms with van der Waals surface area (Å²) in [6.07, 6.45) is -5.00. The fourth-order valence-corrected chi connectivity index (χ4v) is 4.86. The van der Waals surface area contributed by atoms with E-state index >= 15 is 0 Å². The number of aromatic nitrogens is 1. The lowest BCUT2D eigenvalue weighted by atomic mass is 10.0. The number of likely N-dealkylation sites (tertiary alicyclic amines) is 1. The zero-order valence-electron chi connectivity index (χ0n) is 20.8. The van der Waals surface area contributed by atoms with Crippen LogP contribution in [0.3, 0.4) is 0 Å². The van der Waals surface area contributed by atoms with E-state index in [1.807, 2.05) is 11.9 Å². The highest BCUT2D eigenvalue weighted by molar-refractivity contribution is 7.79. The number of ether oxygens (including phenoxy) is 1. The van der Waals surface area contributed by atoms with Crippen molar-refractivity contribution in [2.45, 2.75) is 36.3 Å². The van der Waals surface area contributed by atoms with Crippen molar-refractivity contribution in [3.05, 3.63) is 48.2 Å². The Hall–Kier alpha value is -3.27. The first-order valence-electron chi connectivity index (χ1n) is 11.8. The molecular formula is C26H27F4N4O3S-. The Balaban J connectivity index is 1.60. The lowest BCUT2D eigenvalue weighted by Crippen LogP contribution is -2.46. The molecule has 1 unspecified atom stereocenters. The average molecular weight is 552 g/mol. The molecule has 2 N–H and O–H groups in total. The molecule has 204 valence electrons. The standard InChI is InChI=1S/C26H28F4N4O3S/c1-33-12-10-22(20(27)15-33)32-21-6-3-7-24-19(21)13-17(34(24)16-26(28,29)30)5-4-11-31-23-9-8-18(38(35)36)14-25(23)37-2/h3,6-9,13-14,20,22,31-32H,10-12,15-16H2,1-2H3,(H,35,36)/p-1/t20-,22+/m0/s1. The van der Waals surface area contributed by atoms with Crippen LogP contribution in [0.15, 0.2) is 47.4 Å². The molecule has 1 aromatic heterocycles. The summed E-state index contributed by atoms with van der Waals surface area (Å²) in [5.74, 6) is 5.92. The topological polar surface area (TPSA) is 81.6 Å². The molecule has 3 atom stereocenters. The maximum atomic E-state index is 14.6. The molecule has 1 aliphatic rings. The molecule has 38 heavy (non-hydrogen) atoms. The minimum atomic E-state index is -4.47. The number of benzene rings is 2. The third kappa shape index (κ3) is 6.59. The number of fused-ring (bicyclic) bond motifs is 1. The Morgan fingerprint density at radius 1 is 1.21 bits per heavy atom. The Labute approximate surface area is 220 Å². The molecule has 0 aliphatic carbocycles. The highest BCUT2D eigenvalue weighted by Crippen LogP contribution is 2.32. The number of hydrogen-bond donors (Lipinski definition) is 2. The minimum Gasteiger partial charge on any atom is -0.768 e. The van der Waals surface area contributed by atoms with E-state index < -0.39 is 36.0 Å². The second kappa shape index (κ2) is 11.6. The molecule has 1 aliphatic heterocycles. The van der Waals surface area contributed by atoms with Gasteiger partial charge in [0.2, 0.25) is 0 Å². The second-order valence-corrected chi connectivity index (χ2v) is 9.98. The van der Waals surface area contributed by atoms with Crippen LogP contribution in [0.25, 0.3) is 10.9 Å². The van der Waals surface area contributed by atoms with E-state index in [1.54, 1.807) is 24.3 Å². The van der Waals surface area contributed by atoms with E-state index in [9.17, 15) is 26.3 Å². The molecule has 4 rings (SSSR count). The van der Waals surface area contributed by atoms with Crippen LogP contribution in [0.2, 0.25) is 0 Å². The van der Waals surface area contributed by atoms with Crippen molar-refractivity contribution in [3.8, 4) is 17.6 Å². The van der Waals surface area contributed by atoms with Crippen molar-refractivity contribution < 1.29 is 31.1 Å². The first-order valence-corrected chi connectivity index (χ1v) is 12.9. The quantitative estimate of drug-likeness (QED) is 0.258. The van der Waals surface area contributed by atoms with Gasteiger partial charge in [0.1, 0.15) is 18.5 Å². The smallest absolute Gasteiger partial charge is 0.406 e. The fourth-order valence-electron chi connectivity index (χ4n) is 4.48. The molecule has 7 nitrogen and oxygen atoms in total. The number of anilines is 2. The first-order chi connectivity index (χ1) is 18.1. The van der Waals surface area contributed by atoms with Gasteiger partial charge in [0, 0.05) is 29.1 Å². The van der Waals surface area contributed by atoms with Crippen molar-refractivity contribution in [3.63, 3.8) is 0 Å². The molecular weight excluding hydrogens is 524 g/mol. The fraction of sp³-hybridized carbons (Fsp3) is 0.385. The summed E-state index contributed by atoms with van der Waals surface area (Å²) in [5.41, 5.74) is 1.55. The minimum absolute atomic E-state index is 0.0545. The van der Waals surface area contributed by atoms with Gasteiger partial charge in [-0.2, -0.15) is 13.2 Å². The van der Waals surface area contributed by atoms with Crippen molar-refractivity contribution in [2.24, 2.45) is 0 Å². The van der Waals surface area contributed by atoms with Gasteiger partial charge in [0.05, 0.1) is 36.6 Å². The summed E-state index contributed by atoms with van der Waals surface area (Å²) in [6.45, 7) is -0.156. The molecule has 0 radical (unpaired) electrons. The summed E-state index contributed by atoms with van der Waals surface area (Å²) in [5, 5.41) is 6.71. The molecule has 1 saturated heterocycles. The molecule has 0 amide bonds. The molecule has 2 heterocycles. The van der Waals surface area contributed by atoms with E-state index in [0.29, 0.717) is 28.7 Å². The Kier molecular flexibility index (Phi) is 8.50. The van der Waals surface area contributed by atoms with E-state index in [0.717, 1.165) is 11.1 Å². The average Bonchev–Trinajstić information content (AvgIpc) is 3.20. The molecule has 3 aromatic rings. The van der Waals surface area contributed by atoms with E-state index in [-0.39, 0.29) is 29.4 Å². The second-order valence-electron chi connectivity index (χ2n) is 9.04. The SMILES string of the molecule is COc1cc(S(=O)[O-])ccc1NCC#Cc1cc2c(N[C@@H]3CCN(C)C[C@@H]3F)cccc2n1CC(F)(F)F. The number of nitrogens with zero attached hydrogens (tertiary/aromatic N) is 2. The summed E-state index contributed by atoms with van der Waals surface area (Å²) >= 11 is -2.42. The van der Waals surface area contributed by atoms with Gasteiger partial charge in [-0.15, -0.1) is 0 Å². The Morgan fingerprint density at radius 3 is 2.68 bits per heavy atom. The number of rotatable bonds is 7. The summed E-state index contributed by atoms with van der Waals surface area (Å²) in [6, 6.07) is 10.4. The van der Waals surface area contributed by atoms with Crippen molar-refractivity contribution in [1.29, 1.82) is 0 Å². The van der Waals surface area contributed by atoms with Crippen LogP contribution in [0.4, 0.5) is 28.9 Å². The van der Waals surface area contributed by atoms with Gasteiger partial charge >= 0.3 is 6.18 Å². The van der Waals surface area contributed by atoms with Gasteiger partial charge in [0.15, 0.2) is 0 Å². The van der Waals surface area contributed by atoms with Gasteiger partial charge in [-0.05, 0) is 66.9 Å². The van der Waals surface area contributed by atoms with E-state index in [2.05, 4.69) is 22.5 Å². The molecule has 0 bridgehead atoms. The van der Waals surface area contributed by atoms with Crippen molar-refractivity contribution in [1.82, 2.24) is 9.47 Å². The third-order valence-corrected chi connectivity index (χ3v) is 6.96. The third-order valence-electron chi connectivity index (χ3n) is 6.32. The highest BCUT2D eigenvalue weighted by atomic mass is 32.2. The van der Waals surface area contributed by atoms with Crippen LogP contribution in [0, 0.1) is 11.8 Å². The molecule has 0 spiro atoms. The van der Waals surface area contributed by atoms with Crippen LogP contribution in [0.1, 0.15) is 12.1 Å². The van der Waals surface area contributed by atoms with Crippen molar-refractivity contribution >= 4 is 33.4 Å². The maximum absolute atomic E-state index is 14.6. The largest absolute Gasteiger partial charge is 0.768 e. The van der Waals surface area contributed by atoms with E-state index in [4.69, 9.17) is 4.74 Å². The monoisotopic (exact) mass is 551 g/mol. The number of methoxy groups -OCH3 is 1. The Bertz CT molecular complexity index is 1380. The Morgan fingerprint density at radius 2 is 2.00 bits per heavy atom. The predicted octanol–water partition coefficient (Wildman–Crippen LogP) is 4.37. The normalized spacial score (nSPS) is 19.0. The van der Waals surface area contributed by atoms with Crippen LogP contribution in [-0.2, 0) is 17.6 Å². The number of piperidine rings is 1. The molecule has 2 aromatic carbocycles. The van der Waals surface area contributed by atoms with Crippen LogP contribution >= 0.6 is 0 Å². The first kappa shape index (κ1) is 27.8. The number of nitrogens with one attached hydrogen (secondary N) is 2. The molecule has 0 saturated carbocycles. The summed E-state index contributed by atoms with van der Waals surface area (Å²) in [7, 11) is 3.24. The molecule has 1 fully saturated rings. The maximum Gasteiger partial charge on any atom is 0.406 e.